The standard InChI is InChI=1S/C31H38N2O3/c1-20(2)14-29(25-10-6-8-21(3)16-25)33-31(36)28-19-26(13-12-24(28)9-7-11-30(34)35)32-27-17-22(4)15-23(5)18-27/h6,8,10,12-13,15-20,29,32H,7,9,11,14H2,1-5H3,(H,33,36)(H,34,35)/t29-/m1/s1. The van der Waals surface area contributed by atoms with Gasteiger partial charge < -0.3 is 15.7 Å². The number of nitrogens with one attached hydrogen (secondary N) is 2. The highest BCUT2D eigenvalue weighted by atomic mass is 16.4. The van der Waals surface area contributed by atoms with Crippen molar-refractivity contribution in [3.8, 4) is 0 Å². The number of rotatable bonds is 11. The van der Waals surface area contributed by atoms with Crippen molar-refractivity contribution in [1.29, 1.82) is 0 Å². The molecule has 0 unspecified atom stereocenters. The van der Waals surface area contributed by atoms with Gasteiger partial charge in [0.15, 0.2) is 0 Å². The van der Waals surface area contributed by atoms with E-state index in [-0.39, 0.29) is 18.4 Å². The zero-order valence-corrected chi connectivity index (χ0v) is 22.0. The summed E-state index contributed by atoms with van der Waals surface area (Å²) in [5.41, 5.74) is 7.80. The van der Waals surface area contributed by atoms with Gasteiger partial charge in [0, 0.05) is 23.4 Å². The molecule has 3 aromatic carbocycles. The van der Waals surface area contributed by atoms with Gasteiger partial charge in [-0.1, -0.05) is 55.8 Å². The topological polar surface area (TPSA) is 78.4 Å². The highest BCUT2D eigenvalue weighted by Crippen LogP contribution is 2.26. The van der Waals surface area contributed by atoms with Gasteiger partial charge in [-0.05, 0) is 92.5 Å². The molecule has 0 spiro atoms. The van der Waals surface area contributed by atoms with Crippen molar-refractivity contribution in [3.05, 3.63) is 94.0 Å². The molecule has 0 aliphatic rings. The predicted octanol–water partition coefficient (Wildman–Crippen LogP) is 7.28. The first-order valence-electron chi connectivity index (χ1n) is 12.7. The smallest absolute Gasteiger partial charge is 0.303 e. The lowest BCUT2D eigenvalue weighted by Crippen LogP contribution is -2.30. The minimum atomic E-state index is -0.828. The molecule has 0 saturated carbocycles. The first-order valence-corrected chi connectivity index (χ1v) is 12.7. The fraction of sp³-hybridized carbons (Fsp3) is 0.355. The number of benzene rings is 3. The number of hydrogen-bond acceptors (Lipinski definition) is 3. The quantitative estimate of drug-likeness (QED) is 0.266. The molecule has 0 fully saturated rings. The average molecular weight is 487 g/mol. The van der Waals surface area contributed by atoms with Crippen molar-refractivity contribution in [2.45, 2.75) is 66.3 Å². The summed E-state index contributed by atoms with van der Waals surface area (Å²) >= 11 is 0. The molecule has 5 heteroatoms. The van der Waals surface area contributed by atoms with Gasteiger partial charge in [-0.25, -0.2) is 0 Å². The Morgan fingerprint density at radius 3 is 2.22 bits per heavy atom. The van der Waals surface area contributed by atoms with Crippen molar-refractivity contribution in [2.24, 2.45) is 5.92 Å². The molecule has 3 N–H and O–H groups in total. The lowest BCUT2D eigenvalue weighted by atomic mass is 9.94. The van der Waals surface area contributed by atoms with Crippen molar-refractivity contribution < 1.29 is 14.7 Å². The van der Waals surface area contributed by atoms with Crippen LogP contribution in [-0.4, -0.2) is 17.0 Å². The number of aliphatic carboxylic acids is 1. The Morgan fingerprint density at radius 2 is 1.58 bits per heavy atom. The molecule has 0 heterocycles. The second-order valence-corrected chi connectivity index (χ2v) is 10.2. The molecule has 0 bridgehead atoms. The van der Waals surface area contributed by atoms with Gasteiger partial charge in [-0.15, -0.1) is 0 Å². The Bertz CT molecular complexity index is 1200. The molecular weight excluding hydrogens is 448 g/mol. The van der Waals surface area contributed by atoms with Crippen LogP contribution in [0, 0.1) is 26.7 Å². The van der Waals surface area contributed by atoms with Crippen molar-refractivity contribution >= 4 is 23.3 Å². The Morgan fingerprint density at radius 1 is 0.861 bits per heavy atom. The maximum absolute atomic E-state index is 13.7. The van der Waals surface area contributed by atoms with Gasteiger partial charge in [0.1, 0.15) is 0 Å². The van der Waals surface area contributed by atoms with Crippen LogP contribution in [0.3, 0.4) is 0 Å². The minimum Gasteiger partial charge on any atom is -0.481 e. The van der Waals surface area contributed by atoms with Crippen LogP contribution in [0.1, 0.15) is 77.3 Å². The van der Waals surface area contributed by atoms with Crippen LogP contribution >= 0.6 is 0 Å². The summed E-state index contributed by atoms with van der Waals surface area (Å²) in [6.07, 6.45) is 1.90. The summed E-state index contributed by atoms with van der Waals surface area (Å²) in [6, 6.07) is 20.2. The second kappa shape index (κ2) is 12.4. The van der Waals surface area contributed by atoms with E-state index in [0.29, 0.717) is 24.3 Å². The van der Waals surface area contributed by atoms with E-state index in [2.05, 4.69) is 81.7 Å². The van der Waals surface area contributed by atoms with Crippen LogP contribution in [-0.2, 0) is 11.2 Å². The van der Waals surface area contributed by atoms with Crippen LogP contribution in [0.15, 0.2) is 60.7 Å². The van der Waals surface area contributed by atoms with Gasteiger partial charge >= 0.3 is 5.97 Å². The summed E-state index contributed by atoms with van der Waals surface area (Å²) in [7, 11) is 0. The average Bonchev–Trinajstić information content (AvgIpc) is 2.78. The number of anilines is 2. The molecule has 0 radical (unpaired) electrons. The summed E-state index contributed by atoms with van der Waals surface area (Å²) in [4.78, 5) is 24.7. The molecule has 0 aliphatic carbocycles. The van der Waals surface area contributed by atoms with E-state index in [1.54, 1.807) is 0 Å². The SMILES string of the molecule is Cc1cc(C)cc(Nc2ccc(CCCC(=O)O)c(C(=O)N[C@H](CC(C)C)c3cccc(C)c3)c2)c1. The molecule has 0 aliphatic heterocycles. The van der Waals surface area contributed by atoms with E-state index in [9.17, 15) is 9.59 Å². The molecule has 0 aromatic heterocycles. The number of carboxylic acid groups (broad SMARTS) is 1. The fourth-order valence-corrected chi connectivity index (χ4v) is 4.60. The Kier molecular flexibility index (Phi) is 9.29. The molecule has 36 heavy (non-hydrogen) atoms. The lowest BCUT2D eigenvalue weighted by molar-refractivity contribution is -0.137. The summed E-state index contributed by atoms with van der Waals surface area (Å²) < 4.78 is 0. The zero-order chi connectivity index (χ0) is 26.2. The van der Waals surface area contributed by atoms with Gasteiger partial charge in [0.2, 0.25) is 0 Å². The highest BCUT2D eigenvalue weighted by Gasteiger charge is 2.20. The van der Waals surface area contributed by atoms with Gasteiger partial charge in [-0.2, -0.15) is 0 Å². The molecule has 3 rings (SSSR count). The summed E-state index contributed by atoms with van der Waals surface area (Å²) in [6.45, 7) is 10.5. The zero-order valence-electron chi connectivity index (χ0n) is 22.0. The van der Waals surface area contributed by atoms with Gasteiger partial charge in [0.25, 0.3) is 5.91 Å². The predicted molar refractivity (Wildman–Crippen MR) is 147 cm³/mol. The van der Waals surface area contributed by atoms with E-state index >= 15 is 0 Å². The number of carbonyl (C=O) groups is 2. The maximum Gasteiger partial charge on any atom is 0.303 e. The lowest BCUT2D eigenvalue weighted by Gasteiger charge is -2.23. The van der Waals surface area contributed by atoms with Crippen LogP contribution in [0.5, 0.6) is 0 Å². The third-order valence-electron chi connectivity index (χ3n) is 6.16. The molecular formula is C31H38N2O3. The first-order chi connectivity index (χ1) is 17.1. The van der Waals surface area contributed by atoms with E-state index in [1.807, 2.05) is 24.3 Å². The van der Waals surface area contributed by atoms with E-state index < -0.39 is 5.97 Å². The first kappa shape index (κ1) is 27.0. The Hall–Kier alpha value is -3.60. The number of hydrogen-bond donors (Lipinski definition) is 3. The monoisotopic (exact) mass is 486 g/mol. The number of carboxylic acids is 1. The van der Waals surface area contributed by atoms with Crippen LogP contribution < -0.4 is 10.6 Å². The van der Waals surface area contributed by atoms with E-state index in [0.717, 1.165) is 45.6 Å². The summed E-state index contributed by atoms with van der Waals surface area (Å²) in [5.74, 6) is -0.564. The molecule has 190 valence electrons. The summed E-state index contributed by atoms with van der Waals surface area (Å²) in [5, 5.41) is 15.8. The Balaban J connectivity index is 1.92. The van der Waals surface area contributed by atoms with Gasteiger partial charge in [0.05, 0.1) is 6.04 Å². The third kappa shape index (κ3) is 7.98. The van der Waals surface area contributed by atoms with Crippen LogP contribution in [0.2, 0.25) is 0 Å². The minimum absolute atomic E-state index is 0.0723. The molecule has 0 saturated heterocycles. The Labute approximate surface area is 215 Å². The normalized spacial score (nSPS) is 11.8. The van der Waals surface area contributed by atoms with Crippen molar-refractivity contribution in [1.82, 2.24) is 5.32 Å². The largest absolute Gasteiger partial charge is 0.481 e. The van der Waals surface area contributed by atoms with Crippen molar-refractivity contribution in [2.75, 3.05) is 5.32 Å². The highest BCUT2D eigenvalue weighted by molar-refractivity contribution is 5.97. The molecule has 1 atom stereocenters. The molecule has 5 nitrogen and oxygen atoms in total. The van der Waals surface area contributed by atoms with Crippen LogP contribution in [0.4, 0.5) is 11.4 Å². The molecule has 3 aromatic rings. The van der Waals surface area contributed by atoms with Gasteiger partial charge in [-0.3, -0.25) is 9.59 Å². The third-order valence-corrected chi connectivity index (χ3v) is 6.16. The van der Waals surface area contributed by atoms with Crippen molar-refractivity contribution in [3.63, 3.8) is 0 Å². The number of aryl methyl sites for hydroxylation is 4. The van der Waals surface area contributed by atoms with E-state index in [1.165, 1.54) is 0 Å². The maximum atomic E-state index is 13.7. The number of amides is 1. The van der Waals surface area contributed by atoms with E-state index in [4.69, 9.17) is 5.11 Å². The second-order valence-electron chi connectivity index (χ2n) is 10.2. The van der Waals surface area contributed by atoms with Crippen LogP contribution in [0.25, 0.3) is 0 Å². The molecule has 1 amide bonds. The fourth-order valence-electron chi connectivity index (χ4n) is 4.60. The number of carbonyl (C=O) groups excluding carboxylic acids is 1.